The van der Waals surface area contributed by atoms with E-state index < -0.39 is 0 Å². The van der Waals surface area contributed by atoms with Crippen molar-refractivity contribution in [3.63, 3.8) is 0 Å². The van der Waals surface area contributed by atoms with Crippen molar-refractivity contribution in [1.82, 2.24) is 9.55 Å². The van der Waals surface area contributed by atoms with Crippen LogP contribution in [0.15, 0.2) is 9.95 Å². The Labute approximate surface area is 102 Å². The Balaban J connectivity index is 2.07. The van der Waals surface area contributed by atoms with E-state index in [9.17, 15) is 9.90 Å². The summed E-state index contributed by atoms with van der Waals surface area (Å²) in [6.45, 7) is 3.07. The van der Waals surface area contributed by atoms with Gasteiger partial charge in [0.1, 0.15) is 0 Å². The van der Waals surface area contributed by atoms with Crippen molar-refractivity contribution in [2.24, 2.45) is 0 Å². The molecular weight excluding hydrogens is 242 g/mol. The highest BCUT2D eigenvalue weighted by atomic mass is 32.2. The molecule has 2 aliphatic heterocycles. The Morgan fingerprint density at radius 2 is 2.06 bits per heavy atom. The van der Waals surface area contributed by atoms with E-state index in [1.54, 1.807) is 4.57 Å². The van der Waals surface area contributed by atoms with Crippen LogP contribution < -0.4 is 10.5 Å². The van der Waals surface area contributed by atoms with Crippen molar-refractivity contribution in [1.29, 1.82) is 0 Å². The Morgan fingerprint density at radius 1 is 1.29 bits per heavy atom. The zero-order valence-electron chi connectivity index (χ0n) is 9.26. The minimum atomic E-state index is -0.155. The summed E-state index contributed by atoms with van der Waals surface area (Å²) in [6.07, 6.45) is 0. The van der Waals surface area contributed by atoms with E-state index in [4.69, 9.17) is 4.74 Å². The molecule has 3 heterocycles. The summed E-state index contributed by atoms with van der Waals surface area (Å²) in [5, 5.41) is 10.5. The number of hydrogen-bond donors (Lipinski definition) is 1. The molecule has 2 aliphatic rings. The molecule has 1 fully saturated rings. The summed E-state index contributed by atoms with van der Waals surface area (Å²) in [7, 11) is 0. The summed E-state index contributed by atoms with van der Waals surface area (Å²) in [4.78, 5) is 18.2. The van der Waals surface area contributed by atoms with Gasteiger partial charge in [0.25, 0.3) is 5.56 Å². The largest absolute Gasteiger partial charge is 0.492 e. The predicted molar refractivity (Wildman–Crippen MR) is 63.9 cm³/mol. The van der Waals surface area contributed by atoms with Gasteiger partial charge < -0.3 is 14.7 Å². The number of hydrogen-bond acceptors (Lipinski definition) is 6. The minimum absolute atomic E-state index is 0.139. The quantitative estimate of drug-likeness (QED) is 0.706. The Hall–Kier alpha value is -1.21. The number of morpholine rings is 1. The van der Waals surface area contributed by atoms with Gasteiger partial charge in [-0.15, -0.1) is 0 Å². The average molecular weight is 255 g/mol. The van der Waals surface area contributed by atoms with Crippen molar-refractivity contribution in [2.75, 3.05) is 37.0 Å². The monoisotopic (exact) mass is 255 g/mol. The molecule has 0 bridgehead atoms. The van der Waals surface area contributed by atoms with Crippen LogP contribution in [0, 0.1) is 0 Å². The van der Waals surface area contributed by atoms with E-state index in [1.807, 2.05) is 4.90 Å². The maximum Gasteiger partial charge on any atom is 0.281 e. The standard InChI is InChI=1S/C10H13N3O3S/c14-8-7(12-1-4-16-5-2-12)9(15)13-3-6-17-10(13)11-8/h14H,1-6H2. The van der Waals surface area contributed by atoms with Crippen LogP contribution in [0.3, 0.4) is 0 Å². The number of thioether (sulfide) groups is 1. The fraction of sp³-hybridized carbons (Fsp3) is 0.600. The number of aromatic nitrogens is 2. The maximum absolute atomic E-state index is 12.2. The average Bonchev–Trinajstić information content (AvgIpc) is 2.78. The first kappa shape index (κ1) is 10.9. The first-order valence-corrected chi connectivity index (χ1v) is 6.55. The first-order chi connectivity index (χ1) is 8.27. The predicted octanol–water partition coefficient (Wildman–Crippen LogP) is -0.109. The SMILES string of the molecule is O=c1c(N2CCOCC2)c(O)nc2n1CCS2. The van der Waals surface area contributed by atoms with Gasteiger partial charge in [0, 0.05) is 25.4 Å². The molecule has 0 aromatic carbocycles. The Morgan fingerprint density at radius 3 is 2.82 bits per heavy atom. The second kappa shape index (κ2) is 4.23. The van der Waals surface area contributed by atoms with Crippen molar-refractivity contribution in [2.45, 2.75) is 11.7 Å². The number of fused-ring (bicyclic) bond motifs is 1. The summed E-state index contributed by atoms with van der Waals surface area (Å²) in [5.74, 6) is 0.686. The molecule has 17 heavy (non-hydrogen) atoms. The minimum Gasteiger partial charge on any atom is -0.492 e. The highest BCUT2D eigenvalue weighted by Crippen LogP contribution is 2.28. The molecule has 0 atom stereocenters. The van der Waals surface area contributed by atoms with Gasteiger partial charge in [0.15, 0.2) is 10.8 Å². The van der Waals surface area contributed by atoms with E-state index in [2.05, 4.69) is 4.98 Å². The molecule has 0 amide bonds. The molecule has 7 heteroatoms. The lowest BCUT2D eigenvalue weighted by molar-refractivity contribution is 0.122. The van der Waals surface area contributed by atoms with Gasteiger partial charge in [0.2, 0.25) is 5.88 Å². The van der Waals surface area contributed by atoms with Crippen molar-refractivity contribution in [3.8, 4) is 5.88 Å². The lowest BCUT2D eigenvalue weighted by Crippen LogP contribution is -2.40. The number of rotatable bonds is 1. The van der Waals surface area contributed by atoms with Crippen LogP contribution >= 0.6 is 11.8 Å². The Kier molecular flexibility index (Phi) is 2.71. The summed E-state index contributed by atoms with van der Waals surface area (Å²) < 4.78 is 6.87. The van der Waals surface area contributed by atoms with Crippen LogP contribution in [0.25, 0.3) is 0 Å². The van der Waals surface area contributed by atoms with E-state index >= 15 is 0 Å². The van der Waals surface area contributed by atoms with Crippen molar-refractivity contribution >= 4 is 17.4 Å². The van der Waals surface area contributed by atoms with E-state index in [0.717, 1.165) is 5.75 Å². The van der Waals surface area contributed by atoms with Crippen LogP contribution in [0.2, 0.25) is 0 Å². The molecule has 3 rings (SSSR count). The molecule has 1 aromatic rings. The number of ether oxygens (including phenoxy) is 1. The number of anilines is 1. The van der Waals surface area contributed by atoms with Gasteiger partial charge in [-0.1, -0.05) is 11.8 Å². The lowest BCUT2D eigenvalue weighted by Gasteiger charge is -2.28. The summed E-state index contributed by atoms with van der Waals surface area (Å²) >= 11 is 1.50. The number of aromatic hydroxyl groups is 1. The van der Waals surface area contributed by atoms with Gasteiger partial charge in [-0.25, -0.2) is 0 Å². The van der Waals surface area contributed by atoms with Gasteiger partial charge in [-0.05, 0) is 0 Å². The van der Waals surface area contributed by atoms with Crippen molar-refractivity contribution in [3.05, 3.63) is 10.4 Å². The second-order valence-corrected chi connectivity index (χ2v) is 5.03. The number of nitrogens with zero attached hydrogens (tertiary/aromatic N) is 3. The maximum atomic E-state index is 12.2. The van der Waals surface area contributed by atoms with Gasteiger partial charge in [-0.2, -0.15) is 4.98 Å². The fourth-order valence-corrected chi connectivity index (χ4v) is 3.05. The van der Waals surface area contributed by atoms with Gasteiger partial charge >= 0.3 is 0 Å². The van der Waals surface area contributed by atoms with Crippen LogP contribution in [-0.4, -0.2) is 46.7 Å². The molecule has 0 radical (unpaired) electrons. The van der Waals surface area contributed by atoms with Gasteiger partial charge in [-0.3, -0.25) is 9.36 Å². The molecular formula is C10H13N3O3S. The first-order valence-electron chi connectivity index (χ1n) is 5.56. The zero-order chi connectivity index (χ0) is 11.8. The van der Waals surface area contributed by atoms with E-state index in [1.165, 1.54) is 11.8 Å². The molecule has 92 valence electrons. The van der Waals surface area contributed by atoms with E-state index in [-0.39, 0.29) is 11.4 Å². The highest BCUT2D eigenvalue weighted by molar-refractivity contribution is 7.99. The van der Waals surface area contributed by atoms with Crippen LogP contribution in [0.4, 0.5) is 5.69 Å². The topological polar surface area (TPSA) is 67.6 Å². The fourth-order valence-electron chi connectivity index (χ4n) is 2.11. The molecule has 1 N–H and O–H groups in total. The molecule has 6 nitrogen and oxygen atoms in total. The third-order valence-electron chi connectivity index (χ3n) is 2.97. The summed E-state index contributed by atoms with van der Waals surface area (Å²) in [5.41, 5.74) is 0.180. The molecule has 0 aliphatic carbocycles. The third-order valence-corrected chi connectivity index (χ3v) is 3.92. The molecule has 0 unspecified atom stereocenters. The second-order valence-electron chi connectivity index (χ2n) is 3.97. The third kappa shape index (κ3) is 1.79. The highest BCUT2D eigenvalue weighted by Gasteiger charge is 2.25. The smallest absolute Gasteiger partial charge is 0.281 e. The zero-order valence-corrected chi connectivity index (χ0v) is 10.1. The van der Waals surface area contributed by atoms with Crippen LogP contribution in [0.5, 0.6) is 5.88 Å². The summed E-state index contributed by atoms with van der Waals surface area (Å²) in [6, 6.07) is 0. The molecule has 0 saturated carbocycles. The van der Waals surface area contributed by atoms with Crippen LogP contribution in [0.1, 0.15) is 0 Å². The normalized spacial score (nSPS) is 19.4. The molecule has 1 saturated heterocycles. The molecule has 0 spiro atoms. The van der Waals surface area contributed by atoms with E-state index in [0.29, 0.717) is 43.7 Å². The van der Waals surface area contributed by atoms with Crippen LogP contribution in [-0.2, 0) is 11.3 Å². The van der Waals surface area contributed by atoms with Crippen molar-refractivity contribution < 1.29 is 9.84 Å². The van der Waals surface area contributed by atoms with Gasteiger partial charge in [0.05, 0.1) is 13.2 Å². The lowest BCUT2D eigenvalue weighted by atomic mass is 10.3. The molecule has 1 aromatic heterocycles. The Bertz CT molecular complexity index is 496.